The van der Waals surface area contributed by atoms with E-state index in [1.54, 1.807) is 44.2 Å². The number of fused-ring (bicyclic) bond motifs is 1. The van der Waals surface area contributed by atoms with Crippen molar-refractivity contribution in [2.75, 3.05) is 0 Å². The van der Waals surface area contributed by atoms with Crippen LogP contribution in [0.2, 0.25) is 0 Å². The molecule has 2 aliphatic heterocycles. The zero-order valence-corrected chi connectivity index (χ0v) is 15.5. The molecule has 2 saturated heterocycles. The third kappa shape index (κ3) is 2.67. The Balaban J connectivity index is 1.94. The number of rotatable bonds is 6. The number of benzene rings is 1. The van der Waals surface area contributed by atoms with E-state index in [9.17, 15) is 24.3 Å². The third-order valence-electron chi connectivity index (χ3n) is 4.99. The van der Waals surface area contributed by atoms with Gasteiger partial charge in [-0.05, 0) is 19.4 Å². The van der Waals surface area contributed by atoms with Crippen molar-refractivity contribution in [3.8, 4) is 0 Å². The van der Waals surface area contributed by atoms with Gasteiger partial charge in [0.05, 0.1) is 4.75 Å². The molecular formula is C17H20N4O5S. The van der Waals surface area contributed by atoms with Crippen molar-refractivity contribution in [2.45, 2.75) is 41.7 Å². The van der Waals surface area contributed by atoms with Gasteiger partial charge in [0.1, 0.15) is 17.5 Å². The zero-order valence-electron chi connectivity index (χ0n) is 14.7. The fourth-order valence-corrected chi connectivity index (χ4v) is 5.25. The van der Waals surface area contributed by atoms with E-state index in [2.05, 4.69) is 10.6 Å². The van der Waals surface area contributed by atoms with Gasteiger partial charge in [-0.3, -0.25) is 19.3 Å². The summed E-state index contributed by atoms with van der Waals surface area (Å²) in [5, 5.41) is 14.3. The quantitative estimate of drug-likeness (QED) is 0.374. The molecule has 27 heavy (non-hydrogen) atoms. The number of carboxylic acid groups (broad SMARTS) is 1. The molecule has 1 aromatic carbocycles. The second-order valence-corrected chi connectivity index (χ2v) is 8.62. The first kappa shape index (κ1) is 19.2. The lowest BCUT2D eigenvalue weighted by molar-refractivity contribution is -0.176. The lowest BCUT2D eigenvalue weighted by Gasteiger charge is -2.49. The van der Waals surface area contributed by atoms with Crippen molar-refractivity contribution in [3.63, 3.8) is 0 Å². The van der Waals surface area contributed by atoms with E-state index in [1.165, 1.54) is 11.8 Å². The van der Waals surface area contributed by atoms with Crippen molar-refractivity contribution in [1.29, 1.82) is 0 Å². The molecule has 4 atom stereocenters. The first-order valence-electron chi connectivity index (χ1n) is 8.24. The SMILES string of the molecule is CC1(C)S[C@@H]2[C@H](NC=O)C(=O)N2[C@@]1(NC(=O)C(N)c1ccccc1)C(=O)O. The van der Waals surface area contributed by atoms with E-state index in [4.69, 9.17) is 5.73 Å². The van der Waals surface area contributed by atoms with Gasteiger partial charge in [0.25, 0.3) is 5.91 Å². The number of carboxylic acids is 1. The highest BCUT2D eigenvalue weighted by molar-refractivity contribution is 8.01. The summed E-state index contributed by atoms with van der Waals surface area (Å²) in [6.45, 7) is 3.26. The van der Waals surface area contributed by atoms with E-state index in [0.717, 1.165) is 4.90 Å². The highest BCUT2D eigenvalue weighted by atomic mass is 32.2. The number of nitrogens with zero attached hydrogens (tertiary/aromatic N) is 1. The Bertz CT molecular complexity index is 802. The minimum atomic E-state index is -1.98. The predicted octanol–water partition coefficient (Wildman–Crippen LogP) is -0.608. The molecule has 1 unspecified atom stereocenters. The van der Waals surface area contributed by atoms with Gasteiger partial charge >= 0.3 is 5.97 Å². The monoisotopic (exact) mass is 392 g/mol. The van der Waals surface area contributed by atoms with Gasteiger partial charge in [-0.15, -0.1) is 11.8 Å². The third-order valence-corrected chi connectivity index (χ3v) is 6.60. The summed E-state index contributed by atoms with van der Waals surface area (Å²) in [7, 11) is 0. The fourth-order valence-electron chi connectivity index (χ4n) is 3.54. The minimum absolute atomic E-state index is 0.401. The number of nitrogens with one attached hydrogen (secondary N) is 2. The van der Waals surface area contributed by atoms with E-state index in [0.29, 0.717) is 12.0 Å². The summed E-state index contributed by atoms with van der Waals surface area (Å²) in [6.07, 6.45) is 0.401. The molecule has 3 amide bonds. The summed E-state index contributed by atoms with van der Waals surface area (Å²) in [5.41, 5.74) is 4.54. The van der Waals surface area contributed by atoms with Crippen molar-refractivity contribution in [3.05, 3.63) is 35.9 Å². The van der Waals surface area contributed by atoms with Crippen LogP contribution in [-0.2, 0) is 19.2 Å². The molecule has 0 saturated carbocycles. The molecule has 0 aliphatic carbocycles. The maximum Gasteiger partial charge on any atom is 0.352 e. The Kier molecular flexibility index (Phi) is 4.64. The number of hydrogen-bond acceptors (Lipinski definition) is 6. The number of carbonyl (C=O) groups excluding carboxylic acids is 3. The second kappa shape index (κ2) is 6.54. The molecule has 10 heteroatoms. The average Bonchev–Trinajstić information content (AvgIpc) is 2.85. The van der Waals surface area contributed by atoms with E-state index >= 15 is 0 Å². The minimum Gasteiger partial charge on any atom is -0.478 e. The molecule has 144 valence electrons. The van der Waals surface area contributed by atoms with Gasteiger partial charge in [0, 0.05) is 0 Å². The number of hydrogen-bond donors (Lipinski definition) is 4. The highest BCUT2D eigenvalue weighted by Gasteiger charge is 2.73. The molecule has 2 fully saturated rings. The summed E-state index contributed by atoms with van der Waals surface area (Å²) in [5.74, 6) is -2.65. The van der Waals surface area contributed by atoms with Gasteiger partial charge in [0.15, 0.2) is 0 Å². The van der Waals surface area contributed by atoms with E-state index in [-0.39, 0.29) is 0 Å². The molecule has 2 aliphatic rings. The molecule has 9 nitrogen and oxygen atoms in total. The van der Waals surface area contributed by atoms with Crippen molar-refractivity contribution in [1.82, 2.24) is 15.5 Å². The molecule has 1 aromatic rings. The fraction of sp³-hybridized carbons (Fsp3) is 0.412. The van der Waals surface area contributed by atoms with Crippen molar-refractivity contribution in [2.24, 2.45) is 5.73 Å². The zero-order chi connectivity index (χ0) is 20.0. The van der Waals surface area contributed by atoms with Crippen LogP contribution in [0, 0.1) is 0 Å². The number of thioether (sulfide) groups is 1. The van der Waals surface area contributed by atoms with Gasteiger partial charge < -0.3 is 21.5 Å². The highest BCUT2D eigenvalue weighted by Crippen LogP contribution is 2.55. The van der Waals surface area contributed by atoms with Gasteiger partial charge in [-0.2, -0.15) is 0 Å². The van der Waals surface area contributed by atoms with E-state index in [1.807, 2.05) is 0 Å². The number of carbonyl (C=O) groups is 4. The number of β-lactam (4-membered cyclic amide) rings is 1. The normalized spacial score (nSPS) is 29.3. The van der Waals surface area contributed by atoms with Crippen molar-refractivity contribution >= 4 is 36.0 Å². The maximum atomic E-state index is 12.8. The second-order valence-electron chi connectivity index (χ2n) is 6.88. The van der Waals surface area contributed by atoms with E-state index < -0.39 is 45.7 Å². The van der Waals surface area contributed by atoms with Gasteiger partial charge in [0.2, 0.25) is 18.0 Å². The molecule has 0 spiro atoms. The Hall–Kier alpha value is -2.59. The molecule has 0 aromatic heterocycles. The van der Waals surface area contributed by atoms with Crippen LogP contribution < -0.4 is 16.4 Å². The largest absolute Gasteiger partial charge is 0.478 e. The van der Waals surface area contributed by atoms with Crippen LogP contribution in [-0.4, -0.2) is 56.0 Å². The smallest absolute Gasteiger partial charge is 0.352 e. The summed E-state index contributed by atoms with van der Waals surface area (Å²) in [4.78, 5) is 49.4. The summed E-state index contributed by atoms with van der Waals surface area (Å²) in [6, 6.07) is 6.61. The predicted molar refractivity (Wildman–Crippen MR) is 97.2 cm³/mol. The molecule has 5 N–H and O–H groups in total. The standard InChI is InChI=1S/C17H20N4O5S/c1-16(2)17(15(25)26,21-13(24)11(19-8-22)14(21)27-16)20-12(23)10(18)9-6-4-3-5-7-9/h3-8,10-11,14H,18H2,1-2H3,(H,19,22)(H,20,23)(H,25,26)/t10?,11-,14-,17+/m1/s1. The first-order valence-corrected chi connectivity index (χ1v) is 9.12. The van der Waals surface area contributed by atoms with Crippen LogP contribution in [0.4, 0.5) is 0 Å². The Labute approximate surface area is 159 Å². The van der Waals surface area contributed by atoms with Crippen molar-refractivity contribution < 1.29 is 24.3 Å². The Morgan fingerprint density at radius 1 is 1.33 bits per heavy atom. The summed E-state index contributed by atoms with van der Waals surface area (Å²) < 4.78 is -1.06. The molecular weight excluding hydrogens is 372 g/mol. The Morgan fingerprint density at radius 2 is 1.96 bits per heavy atom. The lowest BCUT2D eigenvalue weighted by Crippen LogP contribution is -2.80. The van der Waals surface area contributed by atoms with Crippen LogP contribution in [0.3, 0.4) is 0 Å². The number of aliphatic carboxylic acids is 1. The lowest BCUT2D eigenvalue weighted by atomic mass is 9.88. The summed E-state index contributed by atoms with van der Waals surface area (Å²) >= 11 is 1.20. The van der Waals surface area contributed by atoms with Crippen LogP contribution in [0.5, 0.6) is 0 Å². The van der Waals surface area contributed by atoms with Crippen LogP contribution in [0.1, 0.15) is 25.5 Å². The topological polar surface area (TPSA) is 142 Å². The first-order chi connectivity index (χ1) is 12.7. The number of amides is 3. The van der Waals surface area contributed by atoms with Gasteiger partial charge in [-0.1, -0.05) is 30.3 Å². The van der Waals surface area contributed by atoms with Crippen LogP contribution >= 0.6 is 11.8 Å². The Morgan fingerprint density at radius 3 is 2.52 bits per heavy atom. The molecule has 3 rings (SSSR count). The van der Waals surface area contributed by atoms with Gasteiger partial charge in [-0.25, -0.2) is 4.79 Å². The average molecular weight is 392 g/mol. The molecule has 0 radical (unpaired) electrons. The molecule has 2 heterocycles. The number of nitrogens with two attached hydrogens (primary N) is 1. The maximum absolute atomic E-state index is 12.8. The molecule has 0 bridgehead atoms. The van der Waals surface area contributed by atoms with Crippen LogP contribution in [0.15, 0.2) is 30.3 Å². The van der Waals surface area contributed by atoms with Crippen LogP contribution in [0.25, 0.3) is 0 Å².